The van der Waals surface area contributed by atoms with Gasteiger partial charge >= 0.3 is 0 Å². The third-order valence-corrected chi connectivity index (χ3v) is 25.7. The van der Waals surface area contributed by atoms with Crippen molar-refractivity contribution in [1.82, 2.24) is 108 Å². The summed E-state index contributed by atoms with van der Waals surface area (Å²) in [6.07, 6.45) is 15.8. The van der Waals surface area contributed by atoms with E-state index in [0.29, 0.717) is 137 Å². The van der Waals surface area contributed by atoms with E-state index in [1.807, 2.05) is 228 Å². The van der Waals surface area contributed by atoms with Crippen LogP contribution in [0.15, 0.2) is 255 Å². The predicted molar refractivity (Wildman–Crippen MR) is 564 cm³/mol. The topological polar surface area (TPSA) is 508 Å². The standard InChI is InChI=1S/C23H22N6O2.2C23H21N5O2.C22H20N6O2.C22H21N5O2/c1-23(10-12-28(2)22(23)31)9-7-15-5-4-6-16(13-15)17-14-18(19-8-11-25-29(19)3)27-21(26-17)20(24)30;1-14-13-25-22(30-14)23(2,3)10-8-15-6-5-7-16(12-15)20-26-18(19(24)29)17-9-11-28(4)21(17)27-20;1-16-23(30,9-12-27(16)2)8-7-17-5-3-6-18(13-17)20-14-19(28-11-4-10-25-28)15-21(26-20)22(24)29;1-15-22(30,8-9-27(15)2)7-6-16-4-3-5-17(10-16)19-11-18(28-14-24-13-25-28)12-20(26-19)21(23)29;1-22(10-12-27(3)21(22)29)9-7-14-5-4-6-15(13-14)17-16-8-11-26(2)20(16)25-19(24-17)18(23)28/h4-6,8,11,13-14H,10,12H2,1-3H3,(H2,24,30);5-7,9,11-13H,1-4H3,(H2,24,29);3-6,10-11,13-15,30H,1,9,12H2,2H3,(H2,24,29);3-5,10-14,30H,1,8-9H2,2H3,(H2,23,29);4-6,8,11,13H,10,12H2,1-3H3,(H2,23,28)/t23-;;23-;2*22-/m1.001/s1. The SMILES string of the molecule is C=C1N(C)CC[C@@]1(O)C#Cc1cccc(-c2cc(-n3cccn3)cc(C(N)=O)n2)c1.C=C1N(C)CC[C@@]1(O)C#Cc1cccc(-c2cc(-n3cncn3)cc(C(N)=O)n2)c1.CN1CC[C@@](C)(C#Cc2cccc(-c3cc(-c4ccnn4C)nc(C(N)=O)n3)c2)C1=O.CN1CC[C@@](C)(C#Cc2cccc(-c3nc(C(N)=O)nc4c3ccn4C)c2)C1=O.Cc1cnc(C(C)(C)C#Cc2cccc(-c3nc(C(N)=O)c4ccn(C)c4n3)c2)o1. The van der Waals surface area contributed by atoms with Crippen LogP contribution in [-0.2, 0) is 36.1 Å². The molecule has 752 valence electrons. The van der Waals surface area contributed by atoms with E-state index in [4.69, 9.17) is 33.1 Å². The fraction of sp³-hybridized carbons (Fsp3) is 0.221. The third-order valence-electron chi connectivity index (χ3n) is 25.7. The van der Waals surface area contributed by atoms with E-state index in [9.17, 15) is 43.8 Å². The van der Waals surface area contributed by atoms with Crippen molar-refractivity contribution >= 4 is 63.4 Å². The van der Waals surface area contributed by atoms with Crippen molar-refractivity contribution in [3.63, 3.8) is 0 Å². The molecule has 4 aliphatic rings. The van der Waals surface area contributed by atoms with Gasteiger partial charge in [0.15, 0.2) is 17.0 Å². The van der Waals surface area contributed by atoms with Crippen LogP contribution < -0.4 is 28.7 Å². The highest BCUT2D eigenvalue weighted by Crippen LogP contribution is 2.37. The Labute approximate surface area is 863 Å². The molecular weight excluding hydrogens is 1900 g/mol. The number of aryl methyl sites for hydroxylation is 4. The number of likely N-dealkylation sites (N-methyl/N-ethyl adjacent to an activating group) is 2. The number of carbonyl (C=O) groups excluding carboxylic acids is 7. The molecule has 4 saturated heterocycles. The van der Waals surface area contributed by atoms with Gasteiger partial charge in [0.25, 0.3) is 29.5 Å². The van der Waals surface area contributed by atoms with Gasteiger partial charge in [0.2, 0.25) is 29.4 Å². The molecule has 7 amide bonds. The Morgan fingerprint density at radius 2 is 0.900 bits per heavy atom. The Morgan fingerprint density at radius 1 is 0.440 bits per heavy atom. The minimum atomic E-state index is -1.23. The van der Waals surface area contributed by atoms with E-state index in [0.717, 1.165) is 66.9 Å². The molecule has 0 unspecified atom stereocenters. The van der Waals surface area contributed by atoms with Crippen molar-refractivity contribution in [3.05, 3.63) is 319 Å². The Hall–Kier alpha value is -19.4. The lowest BCUT2D eigenvalue weighted by Gasteiger charge is -2.19. The zero-order valence-corrected chi connectivity index (χ0v) is 84.3. The zero-order chi connectivity index (χ0) is 107. The number of primary amides is 5. The highest BCUT2D eigenvalue weighted by molar-refractivity contribution is 6.04. The largest absolute Gasteiger partial charge is 0.444 e. The molecule has 0 aliphatic carbocycles. The quantitative estimate of drug-likeness (QED) is 0.0497. The van der Waals surface area contributed by atoms with Gasteiger partial charge < -0.3 is 72.0 Å². The molecule has 16 aromatic rings. The Bertz CT molecular complexity index is 8250. The average Bonchev–Trinajstić information content (AvgIpc) is 1.60. The van der Waals surface area contributed by atoms with Gasteiger partial charge in [-0.15, -0.1) is 0 Å². The summed E-state index contributed by atoms with van der Waals surface area (Å²) in [6, 6.07) is 53.3. The molecule has 5 aromatic carbocycles. The van der Waals surface area contributed by atoms with Crippen molar-refractivity contribution < 1.29 is 48.2 Å². The maximum atomic E-state index is 12.4. The predicted octanol–water partition coefficient (Wildman–Crippen LogP) is 10.5. The lowest BCUT2D eigenvalue weighted by atomic mass is 9.89. The number of hydrogen-bond acceptors (Lipinski definition) is 25. The smallest absolute Gasteiger partial charge is 0.286 e. The number of rotatable bonds is 14. The van der Waals surface area contributed by atoms with Crippen LogP contribution >= 0.6 is 0 Å². The van der Waals surface area contributed by atoms with Crippen LogP contribution in [0.1, 0.15) is 146 Å². The zero-order valence-electron chi connectivity index (χ0n) is 84.3. The second kappa shape index (κ2) is 42.9. The summed E-state index contributed by atoms with van der Waals surface area (Å²) in [4.78, 5) is 134. The van der Waals surface area contributed by atoms with E-state index in [-0.39, 0.29) is 40.5 Å². The second-order valence-electron chi connectivity index (χ2n) is 37.4. The van der Waals surface area contributed by atoms with Gasteiger partial charge in [-0.05, 0) is 163 Å². The van der Waals surface area contributed by atoms with Gasteiger partial charge in [0.1, 0.15) is 63.0 Å². The third kappa shape index (κ3) is 23.0. The van der Waals surface area contributed by atoms with Crippen molar-refractivity contribution in [2.45, 2.75) is 76.9 Å². The number of aromatic nitrogens is 18. The Morgan fingerprint density at radius 3 is 1.35 bits per heavy atom. The van der Waals surface area contributed by atoms with Crippen LogP contribution in [0.5, 0.6) is 0 Å². The summed E-state index contributed by atoms with van der Waals surface area (Å²) in [5, 5.41) is 35.4. The molecule has 0 bridgehead atoms. The first kappa shape index (κ1) is 103. The molecule has 20 rings (SSSR count). The number of hydrogen-bond donors (Lipinski definition) is 7. The van der Waals surface area contributed by atoms with Gasteiger partial charge in [0, 0.05) is 180 Å². The summed E-state index contributed by atoms with van der Waals surface area (Å²) in [7, 11) is 12.9. The lowest BCUT2D eigenvalue weighted by molar-refractivity contribution is -0.132. The molecule has 11 aromatic heterocycles. The van der Waals surface area contributed by atoms with E-state index >= 15 is 0 Å². The van der Waals surface area contributed by atoms with Crippen LogP contribution in [0.2, 0.25) is 0 Å². The van der Waals surface area contributed by atoms with Crippen molar-refractivity contribution in [3.8, 4) is 138 Å². The molecule has 4 atom stereocenters. The summed E-state index contributed by atoms with van der Waals surface area (Å²) < 4.78 is 14.1. The van der Waals surface area contributed by atoms with Crippen molar-refractivity contribution in [2.75, 3.05) is 54.4 Å². The molecule has 37 nitrogen and oxygen atoms in total. The molecule has 4 fully saturated rings. The number of amides is 7. The number of oxazole rings is 1. The summed E-state index contributed by atoms with van der Waals surface area (Å²) in [5.41, 5.74) is 38.4. The van der Waals surface area contributed by atoms with Crippen molar-refractivity contribution in [2.24, 2.45) is 60.6 Å². The number of likely N-dealkylation sites (tertiary alicyclic amines) is 4. The fourth-order valence-electron chi connectivity index (χ4n) is 16.8. The van der Waals surface area contributed by atoms with Gasteiger partial charge in [-0.3, -0.25) is 38.2 Å². The minimum Gasteiger partial charge on any atom is -0.444 e. The van der Waals surface area contributed by atoms with Crippen LogP contribution in [0.25, 0.3) is 101 Å². The first-order valence-corrected chi connectivity index (χ1v) is 47.3. The first-order chi connectivity index (χ1) is 71.5. The van der Waals surface area contributed by atoms with Crippen molar-refractivity contribution in [1.29, 1.82) is 0 Å². The molecule has 150 heavy (non-hydrogen) atoms. The number of fused-ring (bicyclic) bond motifs is 2. The summed E-state index contributed by atoms with van der Waals surface area (Å²) in [5.74, 6) is 29.4. The van der Waals surface area contributed by atoms with Gasteiger partial charge in [-0.25, -0.2) is 59.2 Å². The van der Waals surface area contributed by atoms with Crippen LogP contribution in [-0.4, -0.2) is 225 Å². The molecule has 12 N–H and O–H groups in total. The number of aliphatic hydroxyl groups is 2. The fourth-order valence-corrected chi connectivity index (χ4v) is 16.8. The Balaban J connectivity index is 0.000000133. The molecule has 4 aliphatic heterocycles. The van der Waals surface area contributed by atoms with Crippen LogP contribution in [0, 0.1) is 77.0 Å². The molecule has 0 spiro atoms. The average molecular weight is 2000 g/mol. The molecule has 15 heterocycles. The van der Waals surface area contributed by atoms with E-state index in [2.05, 4.69) is 137 Å². The van der Waals surface area contributed by atoms with Crippen LogP contribution in [0.4, 0.5) is 0 Å². The number of carbonyl (C=O) groups is 7. The second-order valence-corrected chi connectivity index (χ2v) is 37.4. The number of benzene rings is 5. The lowest BCUT2D eigenvalue weighted by Crippen LogP contribution is -2.28. The van der Waals surface area contributed by atoms with E-state index in [1.165, 1.54) is 17.3 Å². The molecule has 0 saturated carbocycles. The number of pyridine rings is 2. The monoisotopic (exact) mass is 2000 g/mol. The number of nitrogens with two attached hydrogens (primary N) is 5. The first-order valence-electron chi connectivity index (χ1n) is 47.3. The van der Waals surface area contributed by atoms with Gasteiger partial charge in [-0.2, -0.15) is 15.3 Å². The molecule has 37 heteroatoms. The maximum Gasteiger partial charge on any atom is 0.286 e. The normalized spacial score (nSPS) is 16.9. The Kier molecular flexibility index (Phi) is 29.6. The van der Waals surface area contributed by atoms with Gasteiger partial charge in [0.05, 0.1) is 68.5 Å². The minimum absolute atomic E-state index is 0.0297. The molecular formula is C113H105N27O10. The number of nitrogens with zero attached hydrogens (tertiary/aromatic N) is 22. The van der Waals surface area contributed by atoms with Gasteiger partial charge in [-0.1, -0.05) is 133 Å². The van der Waals surface area contributed by atoms with E-state index in [1.54, 1.807) is 108 Å². The molecule has 0 radical (unpaired) electrons. The van der Waals surface area contributed by atoms with Crippen LogP contribution in [0.3, 0.4) is 0 Å². The summed E-state index contributed by atoms with van der Waals surface area (Å²) >= 11 is 0. The summed E-state index contributed by atoms with van der Waals surface area (Å²) in [6.45, 7) is 20.2. The highest BCUT2D eigenvalue weighted by atomic mass is 16.4. The van der Waals surface area contributed by atoms with E-state index < -0.39 is 57.0 Å². The maximum absolute atomic E-state index is 12.4. The highest BCUT2D eigenvalue weighted by Gasteiger charge is 2.42.